The largest absolute Gasteiger partial charge is 0.274 e. The standard InChI is InChI=1S/C20H18ClN2O2.W/c1-14-13-16(15-7-3-2-4-8-15)9-10-17(14)20(21)18(24)22-11-5-6-12-23(22)19(20)25;/h2-4,7-9,13H,5-6,11-12H2,1H3;/q-1;. The normalized spacial score (nSPS) is 18.5. The number of hydrogen-bond acceptors (Lipinski definition) is 2. The van der Waals surface area contributed by atoms with E-state index in [1.54, 1.807) is 6.07 Å². The zero-order valence-corrected chi connectivity index (χ0v) is 18.1. The molecule has 2 amide bonds. The van der Waals surface area contributed by atoms with Gasteiger partial charge in [-0.05, 0) is 12.8 Å². The van der Waals surface area contributed by atoms with Gasteiger partial charge in [-0.25, -0.2) is 10.0 Å². The molecule has 2 aromatic carbocycles. The number of benzene rings is 2. The van der Waals surface area contributed by atoms with Crippen LogP contribution in [0.15, 0.2) is 42.5 Å². The number of carbonyl (C=O) groups excluding carboxylic acids is 2. The molecule has 2 aliphatic rings. The molecule has 2 aromatic rings. The maximum atomic E-state index is 12.9. The molecule has 2 saturated heterocycles. The minimum absolute atomic E-state index is 0. The van der Waals surface area contributed by atoms with Gasteiger partial charge in [-0.3, -0.25) is 9.59 Å². The van der Waals surface area contributed by atoms with Crippen molar-refractivity contribution in [1.29, 1.82) is 0 Å². The molecule has 134 valence electrons. The summed E-state index contributed by atoms with van der Waals surface area (Å²) >= 11 is 6.66. The zero-order valence-electron chi connectivity index (χ0n) is 14.4. The fourth-order valence-corrected chi connectivity index (χ4v) is 4.03. The number of aryl methyl sites for hydroxylation is 1. The molecule has 2 aliphatic heterocycles. The van der Waals surface area contributed by atoms with Gasteiger partial charge in [-0.15, -0.1) is 11.1 Å². The Bertz CT molecular complexity index is 832. The van der Waals surface area contributed by atoms with Gasteiger partial charge in [0.25, 0.3) is 11.8 Å². The maximum Gasteiger partial charge on any atom is 0.274 e. The Morgan fingerprint density at radius 1 is 1.00 bits per heavy atom. The van der Waals surface area contributed by atoms with E-state index in [-0.39, 0.29) is 32.9 Å². The molecule has 0 spiro atoms. The Morgan fingerprint density at radius 3 is 2.12 bits per heavy atom. The van der Waals surface area contributed by atoms with Crippen LogP contribution < -0.4 is 0 Å². The van der Waals surface area contributed by atoms with Crippen LogP contribution in [0.4, 0.5) is 0 Å². The third-order valence-corrected chi connectivity index (χ3v) is 5.44. The number of amides is 2. The fraction of sp³-hybridized carbons (Fsp3) is 0.300. The van der Waals surface area contributed by atoms with Crippen molar-refractivity contribution in [1.82, 2.24) is 10.0 Å². The quantitative estimate of drug-likeness (QED) is 0.335. The van der Waals surface area contributed by atoms with Crippen molar-refractivity contribution in [3.63, 3.8) is 0 Å². The molecular weight excluding hydrogens is 520 g/mol. The predicted molar refractivity (Wildman–Crippen MR) is 95.6 cm³/mol. The molecule has 2 heterocycles. The van der Waals surface area contributed by atoms with E-state index in [4.69, 9.17) is 11.6 Å². The second kappa shape index (κ2) is 7.17. The van der Waals surface area contributed by atoms with Crippen LogP contribution in [-0.4, -0.2) is 34.9 Å². The Kier molecular flexibility index (Phi) is 5.27. The molecule has 0 atom stereocenters. The second-order valence-electron chi connectivity index (χ2n) is 6.53. The van der Waals surface area contributed by atoms with Crippen LogP contribution in [0.3, 0.4) is 0 Å². The van der Waals surface area contributed by atoms with Crippen molar-refractivity contribution in [2.24, 2.45) is 0 Å². The van der Waals surface area contributed by atoms with E-state index < -0.39 is 4.87 Å². The van der Waals surface area contributed by atoms with E-state index in [0.717, 1.165) is 29.5 Å². The number of halogens is 1. The van der Waals surface area contributed by atoms with E-state index in [0.29, 0.717) is 18.7 Å². The molecule has 0 bridgehead atoms. The molecule has 4 nitrogen and oxygen atoms in total. The summed E-state index contributed by atoms with van der Waals surface area (Å²) in [7, 11) is 0. The first kappa shape index (κ1) is 19.1. The zero-order chi connectivity index (χ0) is 17.6. The van der Waals surface area contributed by atoms with E-state index in [9.17, 15) is 9.59 Å². The average molecular weight is 538 g/mol. The van der Waals surface area contributed by atoms with Crippen molar-refractivity contribution < 1.29 is 30.7 Å². The van der Waals surface area contributed by atoms with Gasteiger partial charge < -0.3 is 0 Å². The maximum absolute atomic E-state index is 12.9. The van der Waals surface area contributed by atoms with Gasteiger partial charge in [0.2, 0.25) is 4.87 Å². The Hall–Kier alpha value is -1.64. The molecule has 0 unspecified atom stereocenters. The number of hydrogen-bond donors (Lipinski definition) is 0. The summed E-state index contributed by atoms with van der Waals surface area (Å²) in [6.07, 6.45) is 1.77. The molecule has 4 rings (SSSR count). The predicted octanol–water partition coefficient (Wildman–Crippen LogP) is 3.27. The van der Waals surface area contributed by atoms with Gasteiger partial charge in [0.15, 0.2) is 0 Å². The minimum Gasteiger partial charge on any atom is -0.270 e. The van der Waals surface area contributed by atoms with Crippen molar-refractivity contribution in [2.75, 3.05) is 13.1 Å². The van der Waals surface area contributed by atoms with Crippen LogP contribution in [0.2, 0.25) is 0 Å². The summed E-state index contributed by atoms with van der Waals surface area (Å²) in [6.45, 7) is 2.95. The number of carbonyl (C=O) groups is 2. The monoisotopic (exact) mass is 537 g/mol. The van der Waals surface area contributed by atoms with Crippen LogP contribution in [0.1, 0.15) is 24.0 Å². The second-order valence-corrected chi connectivity index (χ2v) is 7.10. The van der Waals surface area contributed by atoms with Gasteiger partial charge >= 0.3 is 0 Å². The number of hydrazine groups is 1. The first-order chi connectivity index (χ1) is 12.0. The number of nitrogens with zero attached hydrogens (tertiary/aromatic N) is 2. The first-order valence-electron chi connectivity index (χ1n) is 8.44. The van der Waals surface area contributed by atoms with Crippen LogP contribution in [0, 0.1) is 13.0 Å². The molecular formula is C20H18ClN2O2W-. The van der Waals surface area contributed by atoms with E-state index in [1.165, 1.54) is 10.0 Å². The molecule has 26 heavy (non-hydrogen) atoms. The summed E-state index contributed by atoms with van der Waals surface area (Å²) in [5.74, 6) is -0.712. The molecule has 0 saturated carbocycles. The molecule has 0 aliphatic carbocycles. The van der Waals surface area contributed by atoms with Gasteiger partial charge in [0.1, 0.15) is 0 Å². The van der Waals surface area contributed by atoms with Crippen molar-refractivity contribution in [2.45, 2.75) is 24.6 Å². The summed E-state index contributed by atoms with van der Waals surface area (Å²) in [5, 5.41) is 2.99. The third kappa shape index (κ3) is 2.80. The summed E-state index contributed by atoms with van der Waals surface area (Å²) in [5.41, 5.74) is 3.29. The van der Waals surface area contributed by atoms with Gasteiger partial charge in [-0.2, -0.15) is 23.8 Å². The van der Waals surface area contributed by atoms with Crippen molar-refractivity contribution >= 4 is 23.4 Å². The van der Waals surface area contributed by atoms with Gasteiger partial charge in [0.05, 0.1) is 0 Å². The summed E-state index contributed by atoms with van der Waals surface area (Å²) in [4.78, 5) is 24.1. The Balaban J connectivity index is 0.00000196. The molecule has 2 fully saturated rings. The van der Waals surface area contributed by atoms with E-state index in [1.807, 2.05) is 43.3 Å². The molecule has 0 radical (unpaired) electrons. The first-order valence-corrected chi connectivity index (χ1v) is 8.82. The van der Waals surface area contributed by atoms with E-state index in [2.05, 4.69) is 6.07 Å². The van der Waals surface area contributed by atoms with Crippen LogP contribution >= 0.6 is 11.6 Å². The fourth-order valence-electron chi connectivity index (χ4n) is 3.63. The SMILES string of the molecule is Cc1cc(-c2ccccc2)c[c-]c1C1(Cl)C(=O)N2CCCCN2C1=O.[W]. The number of rotatable bonds is 2. The molecule has 0 aromatic heterocycles. The van der Waals surface area contributed by atoms with Gasteiger partial charge in [-0.1, -0.05) is 54.4 Å². The number of alkyl halides is 1. The van der Waals surface area contributed by atoms with Crippen LogP contribution in [0.25, 0.3) is 11.1 Å². The summed E-state index contributed by atoms with van der Waals surface area (Å²) in [6, 6.07) is 16.8. The number of fused-ring (bicyclic) bond motifs is 1. The summed E-state index contributed by atoms with van der Waals surface area (Å²) < 4.78 is 0. The smallest absolute Gasteiger partial charge is 0.270 e. The Labute approximate surface area is 172 Å². The minimum atomic E-state index is -1.69. The topological polar surface area (TPSA) is 40.6 Å². The van der Waals surface area contributed by atoms with Gasteiger partial charge in [0, 0.05) is 34.2 Å². The average Bonchev–Trinajstić information content (AvgIpc) is 2.85. The molecule has 6 heteroatoms. The Morgan fingerprint density at radius 2 is 1.58 bits per heavy atom. The van der Waals surface area contributed by atoms with Crippen LogP contribution in [-0.2, 0) is 35.5 Å². The van der Waals surface area contributed by atoms with Crippen molar-refractivity contribution in [3.8, 4) is 11.1 Å². The van der Waals surface area contributed by atoms with Crippen LogP contribution in [0.5, 0.6) is 0 Å². The van der Waals surface area contributed by atoms with E-state index >= 15 is 0 Å². The van der Waals surface area contributed by atoms with Crippen molar-refractivity contribution in [3.05, 3.63) is 59.7 Å². The molecule has 0 N–H and O–H groups in total. The third-order valence-electron chi connectivity index (χ3n) is 4.93.